The molecule has 4 aromatic rings. The summed E-state index contributed by atoms with van der Waals surface area (Å²) >= 11 is 0. The Balaban J connectivity index is 1.20. The van der Waals surface area contributed by atoms with E-state index in [1.54, 1.807) is 35.4 Å². The van der Waals surface area contributed by atoms with E-state index in [0.717, 1.165) is 43.0 Å². The van der Waals surface area contributed by atoms with E-state index >= 15 is 0 Å². The molecule has 1 fully saturated rings. The molecule has 0 aliphatic carbocycles. The number of piperazine rings is 1. The molecule has 11 nitrogen and oxygen atoms in total. The molecule has 11 heteroatoms. The molecule has 3 N–H and O–H groups in total. The standard InChI is InChI=1S/C19H21N9O2/c1-26-17-13(9-22-26)18(21-11-20-17)28-6-4-27(5-7-28)10-16(29)23-12-2-3-14-15(8-12)25-19(30)24-14/h2-3,8-9,11H,4-7,10H2,1H3,(H,23,29)(H2,24,25,30). The number of H-pyrrole nitrogens is 2. The molecule has 4 heterocycles. The topological polar surface area (TPSA) is 128 Å². The van der Waals surface area contributed by atoms with Gasteiger partial charge in [0.1, 0.15) is 12.1 Å². The number of aromatic amines is 2. The van der Waals surface area contributed by atoms with Gasteiger partial charge in [-0.2, -0.15) is 5.10 Å². The summed E-state index contributed by atoms with van der Waals surface area (Å²) in [5, 5.41) is 8.10. The van der Waals surface area contributed by atoms with Crippen molar-refractivity contribution in [2.24, 2.45) is 7.05 Å². The number of aryl methyl sites for hydroxylation is 1. The van der Waals surface area contributed by atoms with E-state index in [0.29, 0.717) is 23.3 Å². The van der Waals surface area contributed by atoms with Crippen LogP contribution in [0.1, 0.15) is 0 Å². The number of nitrogens with one attached hydrogen (secondary N) is 3. The second kappa shape index (κ2) is 7.26. The van der Waals surface area contributed by atoms with Crippen LogP contribution in [-0.2, 0) is 11.8 Å². The molecule has 0 atom stereocenters. The fourth-order valence-electron chi connectivity index (χ4n) is 3.83. The van der Waals surface area contributed by atoms with Crippen molar-refractivity contribution in [3.63, 3.8) is 0 Å². The van der Waals surface area contributed by atoms with Crippen LogP contribution in [0.25, 0.3) is 22.1 Å². The van der Waals surface area contributed by atoms with Crippen LogP contribution in [0, 0.1) is 0 Å². The molecule has 0 unspecified atom stereocenters. The first kappa shape index (κ1) is 18.3. The average molecular weight is 407 g/mol. The number of hydrogen-bond donors (Lipinski definition) is 3. The van der Waals surface area contributed by atoms with Crippen LogP contribution >= 0.6 is 0 Å². The van der Waals surface area contributed by atoms with Gasteiger partial charge in [-0.1, -0.05) is 0 Å². The summed E-state index contributed by atoms with van der Waals surface area (Å²) in [7, 11) is 1.86. The lowest BCUT2D eigenvalue weighted by Gasteiger charge is -2.35. The average Bonchev–Trinajstić information content (AvgIpc) is 3.30. The van der Waals surface area contributed by atoms with Gasteiger partial charge in [0.25, 0.3) is 0 Å². The smallest absolute Gasteiger partial charge is 0.323 e. The maximum Gasteiger partial charge on any atom is 0.323 e. The van der Waals surface area contributed by atoms with Gasteiger partial charge in [-0.25, -0.2) is 14.8 Å². The first-order chi connectivity index (χ1) is 14.6. The van der Waals surface area contributed by atoms with E-state index in [1.807, 2.05) is 7.05 Å². The summed E-state index contributed by atoms with van der Waals surface area (Å²) in [6.07, 6.45) is 3.35. The van der Waals surface area contributed by atoms with Gasteiger partial charge in [0.15, 0.2) is 5.65 Å². The van der Waals surface area contributed by atoms with Gasteiger partial charge in [-0.3, -0.25) is 14.4 Å². The highest BCUT2D eigenvalue weighted by Crippen LogP contribution is 2.23. The highest BCUT2D eigenvalue weighted by Gasteiger charge is 2.22. The summed E-state index contributed by atoms with van der Waals surface area (Å²) in [4.78, 5) is 42.3. The van der Waals surface area contributed by atoms with Crippen molar-refractivity contribution < 1.29 is 4.79 Å². The molecule has 5 rings (SSSR count). The maximum atomic E-state index is 12.5. The third kappa shape index (κ3) is 3.39. The molecule has 0 saturated carbocycles. The number of fused-ring (bicyclic) bond motifs is 2. The van der Waals surface area contributed by atoms with E-state index in [2.05, 4.69) is 40.2 Å². The van der Waals surface area contributed by atoms with Gasteiger partial charge in [-0.15, -0.1) is 0 Å². The molecular formula is C19H21N9O2. The number of amides is 1. The summed E-state index contributed by atoms with van der Waals surface area (Å²) < 4.78 is 1.74. The van der Waals surface area contributed by atoms with Crippen molar-refractivity contribution in [3.8, 4) is 0 Å². The molecule has 154 valence electrons. The van der Waals surface area contributed by atoms with E-state index in [-0.39, 0.29) is 11.6 Å². The Bertz CT molecular complexity index is 1280. The molecule has 1 amide bonds. The minimum Gasteiger partial charge on any atom is -0.353 e. The Labute approximate surface area is 170 Å². The van der Waals surface area contributed by atoms with E-state index < -0.39 is 0 Å². The molecule has 1 saturated heterocycles. The molecule has 3 aromatic heterocycles. The molecule has 0 bridgehead atoms. The Hall–Kier alpha value is -3.73. The van der Waals surface area contributed by atoms with Gasteiger partial charge in [0, 0.05) is 38.9 Å². The fraction of sp³-hybridized carbons (Fsp3) is 0.316. The number of carbonyl (C=O) groups is 1. The van der Waals surface area contributed by atoms with Crippen LogP contribution in [0.3, 0.4) is 0 Å². The van der Waals surface area contributed by atoms with Crippen molar-refractivity contribution >= 4 is 39.5 Å². The second-order valence-electron chi connectivity index (χ2n) is 7.35. The van der Waals surface area contributed by atoms with E-state index in [9.17, 15) is 9.59 Å². The quantitative estimate of drug-likeness (QED) is 0.444. The Morgan fingerprint density at radius 2 is 1.93 bits per heavy atom. The number of anilines is 2. The van der Waals surface area contributed by atoms with Crippen molar-refractivity contribution in [2.75, 3.05) is 42.9 Å². The molecule has 30 heavy (non-hydrogen) atoms. The van der Waals surface area contributed by atoms with E-state index in [4.69, 9.17) is 0 Å². The van der Waals surface area contributed by atoms with Gasteiger partial charge in [0.05, 0.1) is 29.2 Å². The third-order valence-electron chi connectivity index (χ3n) is 5.35. The minimum absolute atomic E-state index is 0.0858. The van der Waals surface area contributed by atoms with E-state index in [1.165, 1.54) is 0 Å². The molecule has 1 aliphatic heterocycles. The summed E-state index contributed by atoms with van der Waals surface area (Å²) in [5.74, 6) is 0.795. The number of hydrogen-bond acceptors (Lipinski definition) is 7. The summed E-state index contributed by atoms with van der Waals surface area (Å²) in [6.45, 7) is 3.35. The number of benzene rings is 1. The predicted octanol–water partition coefficient (Wildman–Crippen LogP) is 0.294. The Kier molecular flexibility index (Phi) is 4.43. The largest absolute Gasteiger partial charge is 0.353 e. The summed E-state index contributed by atoms with van der Waals surface area (Å²) in [5.41, 5.74) is 2.57. The SMILES string of the molecule is Cn1ncc2c(N3CCN(CC(=O)Nc4ccc5[nH]c(=O)[nH]c5c4)CC3)ncnc21. The molecular weight excluding hydrogens is 386 g/mol. The first-order valence-corrected chi connectivity index (χ1v) is 9.69. The minimum atomic E-state index is -0.265. The normalized spacial score (nSPS) is 15.2. The van der Waals surface area contributed by atoms with Crippen LogP contribution in [0.5, 0.6) is 0 Å². The van der Waals surface area contributed by atoms with Gasteiger partial charge in [-0.05, 0) is 18.2 Å². The number of aromatic nitrogens is 6. The van der Waals surface area contributed by atoms with Crippen LogP contribution in [-0.4, -0.2) is 73.2 Å². The van der Waals surface area contributed by atoms with Gasteiger partial charge >= 0.3 is 5.69 Å². The number of carbonyl (C=O) groups excluding carboxylic acids is 1. The van der Waals surface area contributed by atoms with Gasteiger partial charge < -0.3 is 20.2 Å². The monoisotopic (exact) mass is 407 g/mol. The van der Waals surface area contributed by atoms with Crippen LogP contribution < -0.4 is 15.9 Å². The second-order valence-corrected chi connectivity index (χ2v) is 7.35. The van der Waals surface area contributed by atoms with Crippen molar-refractivity contribution in [1.82, 2.24) is 34.6 Å². The zero-order valence-corrected chi connectivity index (χ0v) is 16.4. The van der Waals surface area contributed by atoms with Crippen LogP contribution in [0.15, 0.2) is 35.5 Å². The van der Waals surface area contributed by atoms with Crippen LogP contribution in [0.2, 0.25) is 0 Å². The molecule has 1 aromatic carbocycles. The highest BCUT2D eigenvalue weighted by atomic mass is 16.2. The molecule has 1 aliphatic rings. The number of imidazole rings is 1. The fourth-order valence-corrected chi connectivity index (χ4v) is 3.83. The number of rotatable bonds is 4. The summed E-state index contributed by atoms with van der Waals surface area (Å²) in [6, 6.07) is 5.29. The first-order valence-electron chi connectivity index (χ1n) is 9.69. The maximum absolute atomic E-state index is 12.5. The molecule has 0 spiro atoms. The lowest BCUT2D eigenvalue weighted by molar-refractivity contribution is -0.117. The van der Waals surface area contributed by atoms with Gasteiger partial charge in [0.2, 0.25) is 5.91 Å². The molecule has 0 radical (unpaired) electrons. The van der Waals surface area contributed by atoms with Crippen LogP contribution in [0.4, 0.5) is 11.5 Å². The predicted molar refractivity (Wildman–Crippen MR) is 113 cm³/mol. The highest BCUT2D eigenvalue weighted by molar-refractivity contribution is 5.94. The zero-order valence-electron chi connectivity index (χ0n) is 16.4. The lowest BCUT2D eigenvalue weighted by atomic mass is 10.2. The lowest BCUT2D eigenvalue weighted by Crippen LogP contribution is -2.49. The third-order valence-corrected chi connectivity index (χ3v) is 5.35. The Morgan fingerprint density at radius 1 is 1.13 bits per heavy atom. The van der Waals surface area contributed by atoms with Crippen molar-refractivity contribution in [3.05, 3.63) is 41.2 Å². The van der Waals surface area contributed by atoms with Crippen molar-refractivity contribution in [1.29, 1.82) is 0 Å². The number of nitrogens with zero attached hydrogens (tertiary/aromatic N) is 6. The zero-order chi connectivity index (χ0) is 20.7. The Morgan fingerprint density at radius 3 is 2.77 bits per heavy atom. The van der Waals surface area contributed by atoms with Crippen molar-refractivity contribution in [2.45, 2.75) is 0 Å².